The van der Waals surface area contributed by atoms with Crippen LogP contribution < -0.4 is 0 Å². The fourth-order valence-electron chi connectivity index (χ4n) is 2.77. The van der Waals surface area contributed by atoms with Crippen LogP contribution in [0.3, 0.4) is 0 Å². The smallest absolute Gasteiger partial charge is 0.417 e. The van der Waals surface area contributed by atoms with Gasteiger partial charge in [-0.25, -0.2) is 18.5 Å². The molecule has 142 valence electrons. The van der Waals surface area contributed by atoms with Crippen LogP contribution >= 0.6 is 11.6 Å². The van der Waals surface area contributed by atoms with Crippen molar-refractivity contribution in [1.29, 1.82) is 0 Å². The summed E-state index contributed by atoms with van der Waals surface area (Å²) in [6, 6.07) is 1.68. The molecule has 0 spiro atoms. The number of nitrogens with zero attached hydrogens (tertiary/aromatic N) is 1. The van der Waals surface area contributed by atoms with Gasteiger partial charge in [-0.2, -0.15) is 0 Å². The highest BCUT2D eigenvalue weighted by atomic mass is 35.5. The molecule has 0 radical (unpaired) electrons. The number of hydrogen-bond donors (Lipinski definition) is 0. The lowest BCUT2D eigenvalue weighted by molar-refractivity contribution is -0.136. The van der Waals surface area contributed by atoms with Crippen LogP contribution in [0, 0.1) is 23.5 Å². The van der Waals surface area contributed by atoms with Gasteiger partial charge in [0.05, 0.1) is 5.02 Å². The summed E-state index contributed by atoms with van der Waals surface area (Å²) in [6.07, 6.45) is -0.650. The molecule has 1 aliphatic rings. The van der Waals surface area contributed by atoms with E-state index in [2.05, 4.69) is 0 Å². The highest BCUT2D eigenvalue weighted by molar-refractivity contribution is 6.31. The van der Waals surface area contributed by atoms with Crippen LogP contribution in [0.2, 0.25) is 5.02 Å². The molecule has 2 rings (SSSR count). The number of piperidine rings is 1. The number of carbonyl (C=O) groups excluding carboxylic acids is 3. The molecule has 1 fully saturated rings. The number of likely N-dealkylation sites (tertiary alicyclic amines) is 1. The molecule has 0 bridgehead atoms. The van der Waals surface area contributed by atoms with Crippen molar-refractivity contribution in [2.45, 2.75) is 39.7 Å². The first-order valence-electron chi connectivity index (χ1n) is 8.14. The lowest BCUT2D eigenvalue weighted by atomic mass is 9.84. The number of ketones is 1. The Balaban J connectivity index is 2.29. The van der Waals surface area contributed by atoms with E-state index >= 15 is 0 Å². The number of ether oxygens (including phenoxy) is 1. The summed E-state index contributed by atoms with van der Waals surface area (Å²) < 4.78 is 32.1. The summed E-state index contributed by atoms with van der Waals surface area (Å²) in [5, 5.41) is -0.548. The lowest BCUT2D eigenvalue weighted by Crippen LogP contribution is -2.51. The molecule has 0 aliphatic carbocycles. The van der Waals surface area contributed by atoms with Crippen molar-refractivity contribution in [3.8, 4) is 0 Å². The second kappa shape index (κ2) is 7.31. The fraction of sp³-hybridized carbons (Fsp3) is 0.500. The number of Topliss-reactive ketones (excluding diaryl/α,β-unsaturated/α-hetero) is 1. The molecule has 1 aliphatic heterocycles. The average Bonchev–Trinajstić information content (AvgIpc) is 2.51. The number of benzene rings is 1. The quantitative estimate of drug-likeness (QED) is 0.433. The Morgan fingerprint density at radius 3 is 2.42 bits per heavy atom. The molecule has 2 unspecified atom stereocenters. The Morgan fingerprint density at radius 1 is 1.27 bits per heavy atom. The van der Waals surface area contributed by atoms with E-state index in [1.165, 1.54) is 0 Å². The van der Waals surface area contributed by atoms with Crippen molar-refractivity contribution in [1.82, 2.24) is 4.90 Å². The van der Waals surface area contributed by atoms with Crippen LogP contribution in [-0.2, 0) is 9.53 Å². The third-order valence-electron chi connectivity index (χ3n) is 3.90. The highest BCUT2D eigenvalue weighted by Crippen LogP contribution is 2.29. The summed E-state index contributed by atoms with van der Waals surface area (Å²) in [5.41, 5.74) is -1.02. The van der Waals surface area contributed by atoms with Gasteiger partial charge in [-0.1, -0.05) is 18.5 Å². The summed E-state index contributed by atoms with van der Waals surface area (Å²) in [5.74, 6) is -5.32. The molecule has 8 heteroatoms. The predicted molar refractivity (Wildman–Crippen MR) is 90.9 cm³/mol. The van der Waals surface area contributed by atoms with E-state index in [4.69, 9.17) is 16.3 Å². The van der Waals surface area contributed by atoms with Gasteiger partial charge in [-0.15, -0.1) is 0 Å². The first-order chi connectivity index (χ1) is 11.9. The van der Waals surface area contributed by atoms with Crippen LogP contribution in [0.1, 0.15) is 44.5 Å². The van der Waals surface area contributed by atoms with Gasteiger partial charge >= 0.3 is 6.09 Å². The molecule has 5 nitrogen and oxygen atoms in total. The topological polar surface area (TPSA) is 63.7 Å². The summed E-state index contributed by atoms with van der Waals surface area (Å²) in [4.78, 5) is 38.5. The third kappa shape index (κ3) is 4.38. The zero-order valence-electron chi connectivity index (χ0n) is 14.9. The summed E-state index contributed by atoms with van der Waals surface area (Å²) in [7, 11) is 0. The monoisotopic (exact) mass is 387 g/mol. The molecule has 0 aromatic heterocycles. The fourth-order valence-corrected chi connectivity index (χ4v) is 2.97. The minimum Gasteiger partial charge on any atom is -0.443 e. The molecular weight excluding hydrogens is 368 g/mol. The second-order valence-electron chi connectivity index (χ2n) is 7.44. The maximum absolute atomic E-state index is 13.6. The Kier molecular flexibility index (Phi) is 5.70. The van der Waals surface area contributed by atoms with Crippen LogP contribution in [0.5, 0.6) is 0 Å². The Morgan fingerprint density at radius 2 is 1.88 bits per heavy atom. The molecule has 1 aromatic rings. The first-order valence-corrected chi connectivity index (χ1v) is 8.51. The van der Waals surface area contributed by atoms with E-state index in [-0.39, 0.29) is 24.4 Å². The van der Waals surface area contributed by atoms with Gasteiger partial charge in [-0.05, 0) is 45.2 Å². The Labute approximate surface area is 155 Å². The van der Waals surface area contributed by atoms with Gasteiger partial charge in [0.15, 0.2) is 17.4 Å². The predicted octanol–water partition coefficient (Wildman–Crippen LogP) is 4.22. The molecule has 1 aromatic carbocycles. The lowest BCUT2D eigenvalue weighted by Gasteiger charge is -2.35. The van der Waals surface area contributed by atoms with Gasteiger partial charge in [0, 0.05) is 12.1 Å². The minimum atomic E-state index is -1.28. The van der Waals surface area contributed by atoms with E-state index in [0.29, 0.717) is 6.07 Å². The van der Waals surface area contributed by atoms with Crippen molar-refractivity contribution in [3.63, 3.8) is 0 Å². The van der Waals surface area contributed by atoms with E-state index < -0.39 is 46.0 Å². The number of rotatable bonds is 2. The SMILES string of the molecule is CC1CC(C(=O)c2cc(F)c(F)c(Cl)c2)C(=O)N(C(=O)OC(C)(C)C)C1. The molecule has 1 saturated heterocycles. The van der Waals surface area contributed by atoms with Crippen molar-refractivity contribution in [2.24, 2.45) is 11.8 Å². The molecule has 2 atom stereocenters. The minimum absolute atomic E-state index is 0.121. The van der Waals surface area contributed by atoms with Crippen molar-refractivity contribution in [3.05, 3.63) is 34.4 Å². The third-order valence-corrected chi connectivity index (χ3v) is 4.17. The van der Waals surface area contributed by atoms with Gasteiger partial charge in [-0.3, -0.25) is 9.59 Å². The number of amides is 2. The summed E-state index contributed by atoms with van der Waals surface area (Å²) >= 11 is 5.58. The standard InChI is InChI=1S/C18H20ClF2NO4/c1-9-5-11(15(23)10-6-12(19)14(21)13(20)7-10)16(24)22(8-9)17(25)26-18(2,3)4/h6-7,9,11H,5,8H2,1-4H3. The maximum Gasteiger partial charge on any atom is 0.417 e. The van der Waals surface area contributed by atoms with Crippen LogP contribution in [0.25, 0.3) is 0 Å². The van der Waals surface area contributed by atoms with Crippen LogP contribution in [0.4, 0.5) is 13.6 Å². The van der Waals surface area contributed by atoms with Gasteiger partial charge in [0.1, 0.15) is 11.5 Å². The Hall–Kier alpha value is -2.02. The second-order valence-corrected chi connectivity index (χ2v) is 7.85. The number of carbonyl (C=O) groups is 3. The van der Waals surface area contributed by atoms with Gasteiger partial charge in [0.2, 0.25) is 5.91 Å². The normalized spacial score (nSPS) is 20.9. The largest absolute Gasteiger partial charge is 0.443 e. The molecule has 2 amide bonds. The molecular formula is C18H20ClF2NO4. The average molecular weight is 388 g/mol. The zero-order valence-corrected chi connectivity index (χ0v) is 15.7. The van der Waals surface area contributed by atoms with E-state index in [1.807, 2.05) is 0 Å². The molecule has 26 heavy (non-hydrogen) atoms. The van der Waals surface area contributed by atoms with Crippen LogP contribution in [0.15, 0.2) is 12.1 Å². The molecule has 0 saturated carbocycles. The number of imide groups is 1. The number of halogens is 3. The Bertz CT molecular complexity index is 737. The first kappa shape index (κ1) is 20.3. The van der Waals surface area contributed by atoms with Gasteiger partial charge in [0.25, 0.3) is 0 Å². The van der Waals surface area contributed by atoms with E-state index in [0.717, 1.165) is 11.0 Å². The molecule has 1 heterocycles. The van der Waals surface area contributed by atoms with Crippen molar-refractivity contribution in [2.75, 3.05) is 6.54 Å². The van der Waals surface area contributed by atoms with E-state index in [9.17, 15) is 23.2 Å². The highest BCUT2D eigenvalue weighted by Gasteiger charge is 2.42. The molecule has 0 N–H and O–H groups in total. The number of hydrogen-bond acceptors (Lipinski definition) is 4. The maximum atomic E-state index is 13.6. The summed E-state index contributed by atoms with van der Waals surface area (Å²) in [6.45, 7) is 6.89. The zero-order chi connectivity index (χ0) is 19.8. The van der Waals surface area contributed by atoms with Crippen LogP contribution in [-0.4, -0.2) is 34.8 Å². The van der Waals surface area contributed by atoms with Crippen molar-refractivity contribution < 1.29 is 27.9 Å². The van der Waals surface area contributed by atoms with E-state index in [1.54, 1.807) is 27.7 Å². The van der Waals surface area contributed by atoms with Crippen molar-refractivity contribution >= 4 is 29.4 Å². The van der Waals surface area contributed by atoms with Gasteiger partial charge < -0.3 is 4.74 Å².